The molecule has 0 aliphatic carbocycles. The van der Waals surface area contributed by atoms with E-state index in [1.165, 1.54) is 0 Å². The van der Waals surface area contributed by atoms with Crippen molar-refractivity contribution in [3.8, 4) is 11.4 Å². The highest BCUT2D eigenvalue weighted by Crippen LogP contribution is 2.27. The molecule has 0 N–H and O–H groups in total. The number of amides is 1. The molecular formula is C13H13ClN4O. The average molecular weight is 277 g/mol. The van der Waals surface area contributed by atoms with Gasteiger partial charge < -0.3 is 9.47 Å². The summed E-state index contributed by atoms with van der Waals surface area (Å²) < 4.78 is 1.84. The maximum absolute atomic E-state index is 11.9. The SMILES string of the molecule is Cn1cnnc1-c1cccc(N2CC(Cl)CC2=O)c1. The molecule has 0 spiro atoms. The summed E-state index contributed by atoms with van der Waals surface area (Å²) in [4.78, 5) is 13.6. The molecule has 1 aromatic carbocycles. The molecular weight excluding hydrogens is 264 g/mol. The van der Waals surface area contributed by atoms with Crippen LogP contribution in [-0.4, -0.2) is 32.6 Å². The van der Waals surface area contributed by atoms with Crippen molar-refractivity contribution in [2.24, 2.45) is 7.05 Å². The Hall–Kier alpha value is -1.88. The van der Waals surface area contributed by atoms with Crippen molar-refractivity contribution in [1.29, 1.82) is 0 Å². The van der Waals surface area contributed by atoms with Crippen LogP contribution in [0.1, 0.15) is 6.42 Å². The number of carbonyl (C=O) groups is 1. The number of halogens is 1. The molecule has 1 unspecified atom stereocenters. The van der Waals surface area contributed by atoms with E-state index in [1.54, 1.807) is 11.2 Å². The van der Waals surface area contributed by atoms with Gasteiger partial charge in [0.15, 0.2) is 5.82 Å². The first-order valence-corrected chi connectivity index (χ1v) is 6.47. The summed E-state index contributed by atoms with van der Waals surface area (Å²) >= 11 is 6.03. The van der Waals surface area contributed by atoms with E-state index in [2.05, 4.69) is 10.2 Å². The van der Waals surface area contributed by atoms with Gasteiger partial charge in [0.25, 0.3) is 0 Å². The van der Waals surface area contributed by atoms with Crippen molar-refractivity contribution >= 4 is 23.2 Å². The van der Waals surface area contributed by atoms with Crippen LogP contribution in [0.25, 0.3) is 11.4 Å². The normalized spacial score (nSPS) is 19.2. The number of hydrogen-bond acceptors (Lipinski definition) is 3. The first kappa shape index (κ1) is 12.2. The van der Waals surface area contributed by atoms with E-state index in [1.807, 2.05) is 35.9 Å². The second-order valence-corrected chi connectivity index (χ2v) is 5.24. The van der Waals surface area contributed by atoms with Gasteiger partial charge in [-0.25, -0.2) is 0 Å². The van der Waals surface area contributed by atoms with Gasteiger partial charge in [-0.05, 0) is 12.1 Å². The molecule has 98 valence electrons. The van der Waals surface area contributed by atoms with Crippen molar-refractivity contribution in [3.05, 3.63) is 30.6 Å². The molecule has 1 amide bonds. The summed E-state index contributed by atoms with van der Waals surface area (Å²) in [6.07, 6.45) is 2.05. The molecule has 3 rings (SSSR count). The number of hydrogen-bond donors (Lipinski definition) is 0. The van der Waals surface area contributed by atoms with Gasteiger partial charge in [0.2, 0.25) is 5.91 Å². The van der Waals surface area contributed by atoms with Gasteiger partial charge in [0.05, 0.1) is 5.38 Å². The maximum Gasteiger partial charge on any atom is 0.228 e. The molecule has 5 nitrogen and oxygen atoms in total. The van der Waals surface area contributed by atoms with E-state index in [4.69, 9.17) is 11.6 Å². The molecule has 0 bridgehead atoms. The van der Waals surface area contributed by atoms with Crippen LogP contribution in [0.15, 0.2) is 30.6 Å². The highest BCUT2D eigenvalue weighted by Gasteiger charge is 2.29. The van der Waals surface area contributed by atoms with Gasteiger partial charge in [-0.1, -0.05) is 12.1 Å². The molecule has 2 aromatic rings. The fourth-order valence-corrected chi connectivity index (χ4v) is 2.54. The van der Waals surface area contributed by atoms with Crippen LogP contribution in [0.3, 0.4) is 0 Å². The van der Waals surface area contributed by atoms with Crippen LogP contribution in [-0.2, 0) is 11.8 Å². The van der Waals surface area contributed by atoms with Crippen LogP contribution in [0.5, 0.6) is 0 Å². The van der Waals surface area contributed by atoms with Gasteiger partial charge in [0, 0.05) is 31.3 Å². The third-order valence-electron chi connectivity index (χ3n) is 3.21. The number of nitrogens with zero attached hydrogens (tertiary/aromatic N) is 4. The van der Waals surface area contributed by atoms with Gasteiger partial charge in [-0.3, -0.25) is 4.79 Å². The van der Waals surface area contributed by atoms with E-state index in [-0.39, 0.29) is 11.3 Å². The maximum atomic E-state index is 11.9. The van der Waals surface area contributed by atoms with Crippen LogP contribution in [0, 0.1) is 0 Å². The van der Waals surface area contributed by atoms with E-state index in [0.29, 0.717) is 13.0 Å². The summed E-state index contributed by atoms with van der Waals surface area (Å²) in [5, 5.41) is 7.83. The zero-order chi connectivity index (χ0) is 13.4. The van der Waals surface area contributed by atoms with Crippen LogP contribution in [0.4, 0.5) is 5.69 Å². The summed E-state index contributed by atoms with van der Waals surface area (Å²) in [5.41, 5.74) is 1.79. The Morgan fingerprint density at radius 3 is 2.89 bits per heavy atom. The number of carbonyl (C=O) groups excluding carboxylic acids is 1. The molecule has 1 aliphatic rings. The second-order valence-electron chi connectivity index (χ2n) is 4.62. The zero-order valence-corrected chi connectivity index (χ0v) is 11.2. The lowest BCUT2D eigenvalue weighted by Crippen LogP contribution is -2.24. The van der Waals surface area contributed by atoms with Gasteiger partial charge in [0.1, 0.15) is 6.33 Å². The second kappa shape index (κ2) is 4.66. The molecule has 1 aromatic heterocycles. The molecule has 1 atom stereocenters. The third kappa shape index (κ3) is 2.21. The minimum absolute atomic E-state index is 0.0649. The molecule has 1 saturated heterocycles. The lowest BCUT2D eigenvalue weighted by molar-refractivity contribution is -0.117. The molecule has 0 saturated carbocycles. The highest BCUT2D eigenvalue weighted by atomic mass is 35.5. The molecule has 19 heavy (non-hydrogen) atoms. The highest BCUT2D eigenvalue weighted by molar-refractivity contribution is 6.24. The minimum atomic E-state index is -0.106. The van der Waals surface area contributed by atoms with Crippen molar-refractivity contribution < 1.29 is 4.79 Å². The summed E-state index contributed by atoms with van der Waals surface area (Å²) in [7, 11) is 1.89. The van der Waals surface area contributed by atoms with E-state index < -0.39 is 0 Å². The Kier molecular flexibility index (Phi) is 2.98. The van der Waals surface area contributed by atoms with Crippen LogP contribution in [0.2, 0.25) is 0 Å². The Bertz CT molecular complexity index is 625. The van der Waals surface area contributed by atoms with Crippen LogP contribution >= 0.6 is 11.6 Å². The number of benzene rings is 1. The van der Waals surface area contributed by atoms with Crippen LogP contribution < -0.4 is 4.90 Å². The van der Waals surface area contributed by atoms with E-state index in [0.717, 1.165) is 17.1 Å². The van der Waals surface area contributed by atoms with Crippen molar-refractivity contribution in [2.75, 3.05) is 11.4 Å². The molecule has 1 fully saturated rings. The Labute approximate surface area is 115 Å². The lowest BCUT2D eigenvalue weighted by Gasteiger charge is -2.16. The number of aryl methyl sites for hydroxylation is 1. The first-order valence-electron chi connectivity index (χ1n) is 6.04. The number of anilines is 1. The van der Waals surface area contributed by atoms with Crippen molar-refractivity contribution in [3.63, 3.8) is 0 Å². The Balaban J connectivity index is 1.97. The van der Waals surface area contributed by atoms with Gasteiger partial charge >= 0.3 is 0 Å². The number of rotatable bonds is 2. The Morgan fingerprint density at radius 1 is 1.42 bits per heavy atom. The number of aromatic nitrogens is 3. The fraction of sp³-hybridized carbons (Fsp3) is 0.308. The zero-order valence-electron chi connectivity index (χ0n) is 10.5. The summed E-state index contributed by atoms with van der Waals surface area (Å²) in [6.45, 7) is 0.558. The average Bonchev–Trinajstić information content (AvgIpc) is 2.95. The first-order chi connectivity index (χ1) is 9.15. The summed E-state index contributed by atoms with van der Waals surface area (Å²) in [6, 6.07) is 7.71. The molecule has 2 heterocycles. The standard InChI is InChI=1S/C13H13ClN4O/c1-17-8-15-16-13(17)9-3-2-4-11(5-9)18-7-10(14)6-12(18)19/h2-5,8,10H,6-7H2,1H3. The van der Waals surface area contributed by atoms with Crippen molar-refractivity contribution in [1.82, 2.24) is 14.8 Å². The molecule has 6 heteroatoms. The predicted molar refractivity (Wildman–Crippen MR) is 73.1 cm³/mol. The lowest BCUT2D eigenvalue weighted by atomic mass is 10.2. The quantitative estimate of drug-likeness (QED) is 0.786. The predicted octanol–water partition coefficient (Wildman–Crippen LogP) is 1.83. The third-order valence-corrected chi connectivity index (χ3v) is 3.50. The Morgan fingerprint density at radius 2 is 2.26 bits per heavy atom. The monoisotopic (exact) mass is 276 g/mol. The summed E-state index contributed by atoms with van der Waals surface area (Å²) in [5.74, 6) is 0.839. The van der Waals surface area contributed by atoms with E-state index >= 15 is 0 Å². The van der Waals surface area contributed by atoms with E-state index in [9.17, 15) is 4.79 Å². The van der Waals surface area contributed by atoms with Gasteiger partial charge in [-0.2, -0.15) is 0 Å². The molecule has 1 aliphatic heterocycles. The van der Waals surface area contributed by atoms with Gasteiger partial charge in [-0.15, -0.1) is 21.8 Å². The topological polar surface area (TPSA) is 51.0 Å². The molecule has 0 radical (unpaired) electrons. The number of alkyl halides is 1. The minimum Gasteiger partial charge on any atom is -0.317 e. The van der Waals surface area contributed by atoms with Crippen molar-refractivity contribution in [2.45, 2.75) is 11.8 Å². The fourth-order valence-electron chi connectivity index (χ4n) is 2.27. The largest absolute Gasteiger partial charge is 0.317 e. The smallest absolute Gasteiger partial charge is 0.228 e.